The Hall–Kier alpha value is -1.35. The first-order chi connectivity index (χ1) is 6.73. The molecule has 15 heavy (non-hydrogen) atoms. The van der Waals surface area contributed by atoms with E-state index in [1.54, 1.807) is 0 Å². The highest BCUT2D eigenvalue weighted by atomic mass is 32.2. The highest BCUT2D eigenvalue weighted by molar-refractivity contribution is 7.89. The van der Waals surface area contributed by atoms with Crippen LogP contribution in [0.2, 0.25) is 0 Å². The Morgan fingerprint density at radius 2 is 1.93 bits per heavy atom. The van der Waals surface area contributed by atoms with Gasteiger partial charge in [-0.05, 0) is 0 Å². The molecule has 0 saturated carbocycles. The van der Waals surface area contributed by atoms with Gasteiger partial charge >= 0.3 is 0 Å². The van der Waals surface area contributed by atoms with Gasteiger partial charge in [-0.1, -0.05) is 0 Å². The van der Waals surface area contributed by atoms with E-state index < -0.39 is 38.4 Å². The molecule has 84 valence electrons. The maximum absolute atomic E-state index is 12.6. The van der Waals surface area contributed by atoms with Crippen LogP contribution in [0.15, 0.2) is 15.8 Å². The number of aromatic nitrogens is 1. The van der Waals surface area contributed by atoms with Crippen molar-refractivity contribution in [2.24, 2.45) is 5.14 Å². The molecule has 3 N–H and O–H groups in total. The quantitative estimate of drug-likeness (QED) is 0.770. The van der Waals surface area contributed by atoms with Crippen molar-refractivity contribution in [1.82, 2.24) is 4.98 Å². The van der Waals surface area contributed by atoms with E-state index in [0.717, 1.165) is 0 Å². The summed E-state index contributed by atoms with van der Waals surface area (Å²) >= 11 is 0. The second-order valence-corrected chi connectivity index (χ2v) is 4.10. The van der Waals surface area contributed by atoms with Gasteiger partial charge in [-0.3, -0.25) is 4.79 Å². The SMILES string of the molecule is NS(=O)(=O)c1cc(F)c(=O)[nH]c1C(F)F. The van der Waals surface area contributed by atoms with Crippen LogP contribution in [0.25, 0.3) is 0 Å². The van der Waals surface area contributed by atoms with Crippen LogP contribution in [0.5, 0.6) is 0 Å². The standard InChI is InChI=1S/C6H5F3N2O3S/c7-2-1-3(15(10,13)14)4(5(8)9)11-6(2)12/h1,5H,(H,11,12)(H2,10,13,14). The lowest BCUT2D eigenvalue weighted by molar-refractivity contribution is 0.141. The van der Waals surface area contributed by atoms with Gasteiger partial charge in [0.2, 0.25) is 10.0 Å². The molecular formula is C6H5F3N2O3S. The van der Waals surface area contributed by atoms with Gasteiger partial charge in [-0.25, -0.2) is 26.7 Å². The van der Waals surface area contributed by atoms with Crippen molar-refractivity contribution >= 4 is 10.0 Å². The van der Waals surface area contributed by atoms with Gasteiger partial charge in [0, 0.05) is 6.07 Å². The van der Waals surface area contributed by atoms with E-state index in [1.165, 1.54) is 4.98 Å². The molecule has 0 unspecified atom stereocenters. The Morgan fingerprint density at radius 1 is 1.40 bits per heavy atom. The van der Waals surface area contributed by atoms with Crippen LogP contribution in [0.4, 0.5) is 13.2 Å². The summed E-state index contributed by atoms with van der Waals surface area (Å²) < 4.78 is 58.7. The monoisotopic (exact) mass is 242 g/mol. The highest BCUT2D eigenvalue weighted by Crippen LogP contribution is 2.22. The average Bonchev–Trinajstić information content (AvgIpc) is 2.06. The van der Waals surface area contributed by atoms with E-state index in [-0.39, 0.29) is 6.07 Å². The van der Waals surface area contributed by atoms with Crippen molar-refractivity contribution in [2.75, 3.05) is 0 Å². The molecule has 0 aliphatic rings. The van der Waals surface area contributed by atoms with Crippen molar-refractivity contribution < 1.29 is 21.6 Å². The summed E-state index contributed by atoms with van der Waals surface area (Å²) in [5.74, 6) is -1.50. The molecule has 0 spiro atoms. The fourth-order valence-corrected chi connectivity index (χ4v) is 1.61. The first kappa shape index (κ1) is 11.7. The third-order valence-corrected chi connectivity index (χ3v) is 2.46. The molecule has 0 aromatic carbocycles. The first-order valence-electron chi connectivity index (χ1n) is 3.47. The number of alkyl halides is 2. The number of rotatable bonds is 2. The minimum absolute atomic E-state index is 0.162. The normalized spacial score (nSPS) is 12.1. The number of nitrogens with one attached hydrogen (secondary N) is 1. The van der Waals surface area contributed by atoms with Crippen molar-refractivity contribution in [2.45, 2.75) is 11.3 Å². The Morgan fingerprint density at radius 3 is 2.33 bits per heavy atom. The van der Waals surface area contributed by atoms with Crippen LogP contribution in [0.3, 0.4) is 0 Å². The fourth-order valence-electron chi connectivity index (χ4n) is 0.900. The Kier molecular flexibility index (Phi) is 2.86. The largest absolute Gasteiger partial charge is 0.317 e. The number of aromatic amines is 1. The molecular weight excluding hydrogens is 237 g/mol. The predicted molar refractivity (Wildman–Crippen MR) is 43.4 cm³/mol. The van der Waals surface area contributed by atoms with Gasteiger partial charge in [0.05, 0.1) is 0 Å². The van der Waals surface area contributed by atoms with E-state index in [0.29, 0.717) is 0 Å². The summed E-state index contributed by atoms with van der Waals surface area (Å²) in [5, 5.41) is 4.56. The van der Waals surface area contributed by atoms with E-state index in [9.17, 15) is 26.4 Å². The van der Waals surface area contributed by atoms with Gasteiger partial charge in [-0.15, -0.1) is 0 Å². The summed E-state index contributed by atoms with van der Waals surface area (Å²) in [7, 11) is -4.51. The maximum Gasteiger partial charge on any atom is 0.284 e. The number of pyridine rings is 1. The van der Waals surface area contributed by atoms with Gasteiger partial charge in [-0.2, -0.15) is 0 Å². The van der Waals surface area contributed by atoms with E-state index in [1.807, 2.05) is 0 Å². The lowest BCUT2D eigenvalue weighted by atomic mass is 10.3. The third-order valence-electron chi connectivity index (χ3n) is 1.51. The van der Waals surface area contributed by atoms with Crippen molar-refractivity contribution in [3.8, 4) is 0 Å². The molecule has 0 amide bonds. The molecule has 5 nitrogen and oxygen atoms in total. The van der Waals surface area contributed by atoms with E-state index in [4.69, 9.17) is 0 Å². The van der Waals surface area contributed by atoms with Crippen molar-refractivity contribution in [1.29, 1.82) is 0 Å². The minimum Gasteiger partial charge on any atom is -0.317 e. The summed E-state index contributed by atoms with van der Waals surface area (Å²) in [6, 6.07) is 0.162. The lowest BCUT2D eigenvalue weighted by Gasteiger charge is -2.05. The molecule has 0 aliphatic carbocycles. The van der Waals surface area contributed by atoms with Gasteiger partial charge in [0.15, 0.2) is 5.82 Å². The Balaban J connectivity index is 3.64. The zero-order valence-corrected chi connectivity index (χ0v) is 7.82. The Bertz CT molecular complexity index is 537. The molecule has 0 radical (unpaired) electrons. The van der Waals surface area contributed by atoms with Gasteiger partial charge in [0.1, 0.15) is 10.6 Å². The molecule has 0 bridgehead atoms. The first-order valence-corrected chi connectivity index (χ1v) is 5.02. The van der Waals surface area contributed by atoms with Crippen LogP contribution in [0, 0.1) is 5.82 Å². The topological polar surface area (TPSA) is 93.0 Å². The number of halogens is 3. The zero-order valence-electron chi connectivity index (χ0n) is 7.00. The van der Waals surface area contributed by atoms with Crippen molar-refractivity contribution in [3.63, 3.8) is 0 Å². The molecule has 9 heteroatoms. The predicted octanol–water partition coefficient (Wildman–Crippen LogP) is 0.0990. The molecule has 0 atom stereocenters. The highest BCUT2D eigenvalue weighted by Gasteiger charge is 2.23. The van der Waals surface area contributed by atoms with Crippen LogP contribution in [-0.4, -0.2) is 13.4 Å². The van der Waals surface area contributed by atoms with Gasteiger partial charge in [0.25, 0.3) is 12.0 Å². The molecule has 0 aliphatic heterocycles. The van der Waals surface area contributed by atoms with Crippen LogP contribution < -0.4 is 10.7 Å². The molecule has 1 heterocycles. The Labute approximate surface area is 81.8 Å². The number of primary sulfonamides is 1. The summed E-state index contributed by atoms with van der Waals surface area (Å²) in [5.41, 5.74) is -2.65. The molecule has 0 fully saturated rings. The number of nitrogens with two attached hydrogens (primary N) is 1. The van der Waals surface area contributed by atoms with Gasteiger partial charge < -0.3 is 4.98 Å². The lowest BCUT2D eigenvalue weighted by Crippen LogP contribution is -2.21. The van der Waals surface area contributed by atoms with E-state index in [2.05, 4.69) is 5.14 Å². The van der Waals surface area contributed by atoms with Crippen LogP contribution in [-0.2, 0) is 10.0 Å². The number of H-pyrrole nitrogens is 1. The van der Waals surface area contributed by atoms with Crippen molar-refractivity contribution in [3.05, 3.63) is 27.9 Å². The minimum atomic E-state index is -4.51. The second-order valence-electron chi connectivity index (χ2n) is 2.57. The average molecular weight is 242 g/mol. The number of sulfonamides is 1. The summed E-state index contributed by atoms with van der Waals surface area (Å²) in [6.45, 7) is 0. The molecule has 1 aromatic rings. The maximum atomic E-state index is 12.6. The summed E-state index contributed by atoms with van der Waals surface area (Å²) in [4.78, 5) is 10.9. The molecule has 1 aromatic heterocycles. The fraction of sp³-hybridized carbons (Fsp3) is 0.167. The third kappa shape index (κ3) is 2.36. The number of hydrogen-bond donors (Lipinski definition) is 2. The summed E-state index contributed by atoms with van der Waals surface area (Å²) in [6.07, 6.45) is -3.27. The van der Waals surface area contributed by atoms with Crippen LogP contribution >= 0.6 is 0 Å². The smallest absolute Gasteiger partial charge is 0.284 e. The number of hydrogen-bond acceptors (Lipinski definition) is 3. The molecule has 1 rings (SSSR count). The second kappa shape index (κ2) is 3.66. The zero-order chi connectivity index (χ0) is 11.8. The van der Waals surface area contributed by atoms with E-state index >= 15 is 0 Å². The molecule has 0 saturated heterocycles. The van der Waals surface area contributed by atoms with Crippen LogP contribution in [0.1, 0.15) is 12.1 Å².